The summed E-state index contributed by atoms with van der Waals surface area (Å²) < 4.78 is 6.37. The lowest BCUT2D eigenvalue weighted by Gasteiger charge is -2.10. The van der Waals surface area contributed by atoms with Gasteiger partial charge in [0.2, 0.25) is 0 Å². The Labute approximate surface area is 133 Å². The standard InChI is InChI=1S/C15H21N5O3/c1-10(2)12-6-13(18-9-17-12)16-7-11-8-20(4-5-23-3)15(22)19-14(11)21/h6,8-10H,4-5,7H2,1-3H3,(H,16,17,18)(H,19,21,22). The predicted molar refractivity (Wildman–Crippen MR) is 86.6 cm³/mol. The lowest BCUT2D eigenvalue weighted by Crippen LogP contribution is -2.33. The highest BCUT2D eigenvalue weighted by Crippen LogP contribution is 2.13. The monoisotopic (exact) mass is 319 g/mol. The number of nitrogens with zero attached hydrogens (tertiary/aromatic N) is 3. The molecule has 0 saturated heterocycles. The molecule has 0 fully saturated rings. The van der Waals surface area contributed by atoms with E-state index in [2.05, 4.69) is 20.3 Å². The van der Waals surface area contributed by atoms with E-state index in [-0.39, 0.29) is 12.5 Å². The van der Waals surface area contributed by atoms with Crippen LogP contribution >= 0.6 is 0 Å². The van der Waals surface area contributed by atoms with E-state index >= 15 is 0 Å². The molecule has 0 aliphatic rings. The molecule has 0 bridgehead atoms. The summed E-state index contributed by atoms with van der Waals surface area (Å²) in [5.41, 5.74) is 0.515. The average molecular weight is 319 g/mol. The molecule has 2 aromatic heterocycles. The predicted octanol–water partition coefficient (Wildman–Crippen LogP) is 0.708. The number of aromatic nitrogens is 4. The molecule has 8 nitrogen and oxygen atoms in total. The third-order valence-electron chi connectivity index (χ3n) is 3.36. The molecule has 0 aliphatic carbocycles. The van der Waals surface area contributed by atoms with Gasteiger partial charge in [0.05, 0.1) is 18.7 Å². The Morgan fingerprint density at radius 3 is 2.83 bits per heavy atom. The van der Waals surface area contributed by atoms with Crippen molar-refractivity contribution < 1.29 is 4.74 Å². The molecule has 0 aliphatic heterocycles. The van der Waals surface area contributed by atoms with Crippen molar-refractivity contribution in [3.63, 3.8) is 0 Å². The van der Waals surface area contributed by atoms with Crippen LogP contribution in [0.15, 0.2) is 28.2 Å². The third-order valence-corrected chi connectivity index (χ3v) is 3.36. The summed E-state index contributed by atoms with van der Waals surface area (Å²) in [4.78, 5) is 34.2. The first kappa shape index (κ1) is 16.9. The zero-order valence-electron chi connectivity index (χ0n) is 13.5. The minimum Gasteiger partial charge on any atom is -0.383 e. The molecule has 124 valence electrons. The van der Waals surface area contributed by atoms with E-state index in [1.165, 1.54) is 17.1 Å². The van der Waals surface area contributed by atoms with Gasteiger partial charge in [0, 0.05) is 31.6 Å². The molecule has 0 spiro atoms. The SMILES string of the molecule is COCCn1cc(CNc2cc(C(C)C)ncn2)c(=O)[nH]c1=O. The van der Waals surface area contributed by atoms with Crippen LogP contribution in [0.2, 0.25) is 0 Å². The van der Waals surface area contributed by atoms with Gasteiger partial charge in [-0.15, -0.1) is 0 Å². The molecule has 2 heterocycles. The van der Waals surface area contributed by atoms with Gasteiger partial charge in [-0.05, 0) is 5.92 Å². The number of ether oxygens (including phenoxy) is 1. The number of rotatable bonds is 7. The van der Waals surface area contributed by atoms with Crippen molar-refractivity contribution in [2.24, 2.45) is 0 Å². The van der Waals surface area contributed by atoms with E-state index < -0.39 is 11.2 Å². The molecule has 23 heavy (non-hydrogen) atoms. The molecular formula is C15H21N5O3. The van der Waals surface area contributed by atoms with Crippen LogP contribution < -0.4 is 16.6 Å². The Hall–Kier alpha value is -2.48. The fourth-order valence-corrected chi connectivity index (χ4v) is 2.01. The number of aromatic amines is 1. The Kier molecular flexibility index (Phi) is 5.64. The highest BCUT2D eigenvalue weighted by Gasteiger charge is 2.07. The molecule has 0 radical (unpaired) electrons. The third kappa shape index (κ3) is 4.49. The Morgan fingerprint density at radius 1 is 1.35 bits per heavy atom. The fraction of sp³-hybridized carbons (Fsp3) is 0.467. The fourth-order valence-electron chi connectivity index (χ4n) is 2.01. The van der Waals surface area contributed by atoms with Gasteiger partial charge in [-0.2, -0.15) is 0 Å². The van der Waals surface area contributed by atoms with Gasteiger partial charge in [-0.25, -0.2) is 14.8 Å². The van der Waals surface area contributed by atoms with Crippen molar-refractivity contribution >= 4 is 5.82 Å². The number of hydrogen-bond donors (Lipinski definition) is 2. The van der Waals surface area contributed by atoms with Gasteiger partial charge in [0.1, 0.15) is 12.1 Å². The summed E-state index contributed by atoms with van der Waals surface area (Å²) in [5.74, 6) is 0.927. The second kappa shape index (κ2) is 7.68. The quantitative estimate of drug-likeness (QED) is 0.779. The molecule has 0 saturated carbocycles. The minimum absolute atomic E-state index is 0.261. The summed E-state index contributed by atoms with van der Waals surface area (Å²) in [7, 11) is 1.56. The number of methoxy groups -OCH3 is 1. The highest BCUT2D eigenvalue weighted by molar-refractivity contribution is 5.36. The van der Waals surface area contributed by atoms with Gasteiger partial charge in [0.25, 0.3) is 5.56 Å². The maximum atomic E-state index is 11.9. The Balaban J connectivity index is 2.15. The van der Waals surface area contributed by atoms with Crippen molar-refractivity contribution in [1.29, 1.82) is 0 Å². The summed E-state index contributed by atoms with van der Waals surface area (Å²) in [6.07, 6.45) is 3.03. The smallest absolute Gasteiger partial charge is 0.328 e. The summed E-state index contributed by atoms with van der Waals surface area (Å²) in [5, 5.41) is 3.08. The molecule has 0 amide bonds. The van der Waals surface area contributed by atoms with Crippen molar-refractivity contribution in [2.75, 3.05) is 19.0 Å². The zero-order chi connectivity index (χ0) is 16.8. The Bertz CT molecular complexity index is 766. The van der Waals surface area contributed by atoms with Crippen LogP contribution in [0.3, 0.4) is 0 Å². The van der Waals surface area contributed by atoms with E-state index in [0.29, 0.717) is 24.5 Å². The summed E-state index contributed by atoms with van der Waals surface area (Å²) in [6, 6.07) is 1.85. The van der Waals surface area contributed by atoms with Gasteiger partial charge in [0.15, 0.2) is 0 Å². The number of nitrogens with one attached hydrogen (secondary N) is 2. The van der Waals surface area contributed by atoms with Crippen molar-refractivity contribution in [3.05, 3.63) is 50.7 Å². The topological polar surface area (TPSA) is 102 Å². The maximum Gasteiger partial charge on any atom is 0.328 e. The number of hydrogen-bond acceptors (Lipinski definition) is 6. The van der Waals surface area contributed by atoms with Crippen LogP contribution in [0, 0.1) is 0 Å². The van der Waals surface area contributed by atoms with Crippen LogP contribution in [0.5, 0.6) is 0 Å². The van der Waals surface area contributed by atoms with Crippen molar-refractivity contribution in [3.8, 4) is 0 Å². The van der Waals surface area contributed by atoms with Crippen molar-refractivity contribution in [2.45, 2.75) is 32.9 Å². The van der Waals surface area contributed by atoms with E-state index in [1.807, 2.05) is 19.9 Å². The largest absolute Gasteiger partial charge is 0.383 e. The maximum absolute atomic E-state index is 11.9. The summed E-state index contributed by atoms with van der Waals surface area (Å²) in [6.45, 7) is 5.12. The van der Waals surface area contributed by atoms with E-state index in [0.717, 1.165) is 5.69 Å². The molecule has 0 aromatic carbocycles. The minimum atomic E-state index is -0.445. The first-order chi connectivity index (χ1) is 11.0. The Morgan fingerprint density at radius 2 is 2.13 bits per heavy atom. The molecule has 2 N–H and O–H groups in total. The molecule has 0 atom stereocenters. The second-order valence-corrected chi connectivity index (χ2v) is 5.44. The van der Waals surface area contributed by atoms with Crippen LogP contribution in [-0.2, 0) is 17.8 Å². The lowest BCUT2D eigenvalue weighted by molar-refractivity contribution is 0.185. The highest BCUT2D eigenvalue weighted by atomic mass is 16.5. The van der Waals surface area contributed by atoms with Gasteiger partial charge < -0.3 is 10.1 Å². The zero-order valence-corrected chi connectivity index (χ0v) is 13.5. The van der Waals surface area contributed by atoms with Crippen LogP contribution in [-0.4, -0.2) is 33.2 Å². The van der Waals surface area contributed by atoms with E-state index in [9.17, 15) is 9.59 Å². The van der Waals surface area contributed by atoms with Crippen LogP contribution in [0.25, 0.3) is 0 Å². The van der Waals surface area contributed by atoms with Gasteiger partial charge in [-0.1, -0.05) is 13.8 Å². The molecular weight excluding hydrogens is 298 g/mol. The molecule has 2 aromatic rings. The van der Waals surface area contributed by atoms with E-state index in [1.54, 1.807) is 7.11 Å². The molecule has 0 unspecified atom stereocenters. The summed E-state index contributed by atoms with van der Waals surface area (Å²) >= 11 is 0. The van der Waals surface area contributed by atoms with E-state index in [4.69, 9.17) is 4.74 Å². The number of anilines is 1. The van der Waals surface area contributed by atoms with Gasteiger partial charge in [-0.3, -0.25) is 14.3 Å². The van der Waals surface area contributed by atoms with Crippen LogP contribution in [0.4, 0.5) is 5.82 Å². The first-order valence-corrected chi connectivity index (χ1v) is 7.38. The molecule has 2 rings (SSSR count). The molecule has 8 heteroatoms. The van der Waals surface area contributed by atoms with Crippen molar-refractivity contribution in [1.82, 2.24) is 19.5 Å². The van der Waals surface area contributed by atoms with Crippen LogP contribution in [0.1, 0.15) is 31.0 Å². The normalized spacial score (nSPS) is 11.0. The second-order valence-electron chi connectivity index (χ2n) is 5.44. The number of H-pyrrole nitrogens is 1. The van der Waals surface area contributed by atoms with Gasteiger partial charge >= 0.3 is 5.69 Å². The average Bonchev–Trinajstić information content (AvgIpc) is 2.53. The first-order valence-electron chi connectivity index (χ1n) is 7.38. The lowest BCUT2D eigenvalue weighted by atomic mass is 10.1.